The van der Waals surface area contributed by atoms with Crippen LogP contribution in [0.2, 0.25) is 5.02 Å². The molecule has 1 aromatic carbocycles. The van der Waals surface area contributed by atoms with E-state index in [9.17, 15) is 23.3 Å². The molecule has 10 heteroatoms. The van der Waals surface area contributed by atoms with Crippen molar-refractivity contribution in [3.05, 3.63) is 32.8 Å². The molecule has 1 aromatic rings. The molecule has 1 aliphatic heterocycles. The van der Waals surface area contributed by atoms with Gasteiger partial charge in [0.2, 0.25) is 0 Å². The lowest BCUT2D eigenvalue weighted by Crippen LogP contribution is -2.44. The topological polar surface area (TPSA) is 73.6 Å². The number of alkyl halides is 3. The smallest absolute Gasteiger partial charge is 0.381 e. The standard InChI is InChI=1S/C14H16ClF3N2O4/c1-23-13(2-4-24-5-3-13)8-19-11-7-10(15)9(14(16,17)18)6-12(11)20(21)22/h6-7,19H,2-5,8H2,1H3. The molecule has 134 valence electrons. The third-order valence-corrected chi connectivity index (χ3v) is 4.34. The van der Waals surface area contributed by atoms with Crippen LogP contribution >= 0.6 is 11.6 Å². The Morgan fingerprint density at radius 3 is 2.54 bits per heavy atom. The van der Waals surface area contributed by atoms with Crippen molar-refractivity contribution >= 4 is 23.0 Å². The fourth-order valence-electron chi connectivity index (χ4n) is 2.52. The summed E-state index contributed by atoms with van der Waals surface area (Å²) in [6, 6.07) is 1.36. The number of ether oxygens (including phenoxy) is 2. The first-order valence-corrected chi connectivity index (χ1v) is 7.48. The van der Waals surface area contributed by atoms with Crippen LogP contribution in [0.25, 0.3) is 0 Å². The minimum Gasteiger partial charge on any atom is -0.381 e. The Morgan fingerprint density at radius 2 is 2.04 bits per heavy atom. The number of nitro benzene ring substituents is 1. The van der Waals surface area contributed by atoms with Crippen LogP contribution in [0.4, 0.5) is 24.5 Å². The number of methoxy groups -OCH3 is 1. The van der Waals surface area contributed by atoms with Crippen LogP contribution in [-0.4, -0.2) is 37.4 Å². The number of nitrogens with one attached hydrogen (secondary N) is 1. The molecule has 1 N–H and O–H groups in total. The molecule has 1 fully saturated rings. The number of halogens is 4. The van der Waals surface area contributed by atoms with Crippen molar-refractivity contribution in [1.82, 2.24) is 0 Å². The third-order valence-electron chi connectivity index (χ3n) is 4.03. The molecule has 0 saturated carbocycles. The lowest BCUT2D eigenvalue weighted by Gasteiger charge is -2.36. The Hall–Kier alpha value is -1.58. The summed E-state index contributed by atoms with van der Waals surface area (Å²) in [7, 11) is 1.52. The average molecular weight is 369 g/mol. The summed E-state index contributed by atoms with van der Waals surface area (Å²) in [6.45, 7) is 1.14. The second-order valence-corrected chi connectivity index (χ2v) is 5.86. The Labute approximate surface area is 141 Å². The Bertz CT molecular complexity index is 619. The Morgan fingerprint density at radius 1 is 1.42 bits per heavy atom. The molecule has 0 aromatic heterocycles. The Kier molecular flexibility index (Phi) is 5.56. The number of nitro groups is 1. The lowest BCUT2D eigenvalue weighted by atomic mass is 9.94. The van der Waals surface area contributed by atoms with Crippen molar-refractivity contribution in [2.75, 3.05) is 32.2 Å². The maximum atomic E-state index is 12.9. The van der Waals surface area contributed by atoms with Crippen LogP contribution < -0.4 is 5.32 Å². The highest BCUT2D eigenvalue weighted by Gasteiger charge is 2.37. The maximum absolute atomic E-state index is 12.9. The summed E-state index contributed by atoms with van der Waals surface area (Å²) in [5, 5.41) is 13.3. The number of hydrogen-bond acceptors (Lipinski definition) is 5. The minimum absolute atomic E-state index is 0.0825. The van der Waals surface area contributed by atoms with E-state index in [-0.39, 0.29) is 12.2 Å². The number of nitrogens with zero attached hydrogens (tertiary/aromatic N) is 1. The fourth-order valence-corrected chi connectivity index (χ4v) is 2.80. The van der Waals surface area contributed by atoms with Crippen molar-refractivity contribution in [2.45, 2.75) is 24.6 Å². The van der Waals surface area contributed by atoms with Crippen LogP contribution in [0.5, 0.6) is 0 Å². The van der Waals surface area contributed by atoms with E-state index in [2.05, 4.69) is 5.32 Å². The SMILES string of the molecule is COC1(CNc2cc(Cl)c(C(F)(F)F)cc2[N+](=O)[O-])CCOCC1. The highest BCUT2D eigenvalue weighted by Crippen LogP contribution is 2.40. The van der Waals surface area contributed by atoms with Gasteiger partial charge in [0.1, 0.15) is 5.69 Å². The lowest BCUT2D eigenvalue weighted by molar-refractivity contribution is -0.384. The van der Waals surface area contributed by atoms with Crippen LogP contribution in [0, 0.1) is 10.1 Å². The van der Waals surface area contributed by atoms with Gasteiger partial charge in [-0.3, -0.25) is 10.1 Å². The number of benzene rings is 1. The Balaban J connectivity index is 2.29. The molecule has 1 saturated heterocycles. The second kappa shape index (κ2) is 7.12. The van der Waals surface area contributed by atoms with Gasteiger partial charge < -0.3 is 14.8 Å². The van der Waals surface area contributed by atoms with Crippen molar-refractivity contribution in [3.8, 4) is 0 Å². The predicted octanol–water partition coefficient (Wildman–Crippen LogP) is 3.87. The van der Waals surface area contributed by atoms with Gasteiger partial charge in [-0.05, 0) is 6.07 Å². The van der Waals surface area contributed by atoms with Crippen molar-refractivity contribution in [2.24, 2.45) is 0 Å². The predicted molar refractivity (Wildman–Crippen MR) is 81.4 cm³/mol. The molecular formula is C14H16ClF3N2O4. The molecule has 6 nitrogen and oxygen atoms in total. The normalized spacial score (nSPS) is 17.5. The van der Waals surface area contributed by atoms with E-state index in [4.69, 9.17) is 21.1 Å². The van der Waals surface area contributed by atoms with Crippen LogP contribution in [0.15, 0.2) is 12.1 Å². The highest BCUT2D eigenvalue weighted by molar-refractivity contribution is 6.31. The average Bonchev–Trinajstić information content (AvgIpc) is 2.52. The summed E-state index contributed by atoms with van der Waals surface area (Å²) in [5.41, 5.74) is -2.61. The molecule has 0 aliphatic carbocycles. The summed E-state index contributed by atoms with van der Waals surface area (Å²) < 4.78 is 49.3. The summed E-state index contributed by atoms with van der Waals surface area (Å²) in [5.74, 6) is 0. The molecule has 0 atom stereocenters. The molecule has 1 heterocycles. The van der Waals surface area contributed by atoms with Crippen molar-refractivity contribution in [1.29, 1.82) is 0 Å². The van der Waals surface area contributed by atoms with Gasteiger partial charge in [0, 0.05) is 45.8 Å². The zero-order valence-electron chi connectivity index (χ0n) is 12.8. The first-order valence-electron chi connectivity index (χ1n) is 7.10. The molecule has 1 aliphatic rings. The van der Waals surface area contributed by atoms with Gasteiger partial charge in [-0.25, -0.2) is 0 Å². The molecule has 24 heavy (non-hydrogen) atoms. The van der Waals surface area contributed by atoms with Gasteiger partial charge in [-0.15, -0.1) is 0 Å². The second-order valence-electron chi connectivity index (χ2n) is 5.46. The monoisotopic (exact) mass is 368 g/mol. The molecular weight excluding hydrogens is 353 g/mol. The third kappa shape index (κ3) is 4.08. The molecule has 0 unspecified atom stereocenters. The van der Waals surface area contributed by atoms with Gasteiger partial charge in [0.15, 0.2) is 0 Å². The van der Waals surface area contributed by atoms with Gasteiger partial charge >= 0.3 is 6.18 Å². The van der Waals surface area contributed by atoms with Gasteiger partial charge in [0.25, 0.3) is 5.69 Å². The maximum Gasteiger partial charge on any atom is 0.418 e. The number of hydrogen-bond donors (Lipinski definition) is 1. The van der Waals surface area contributed by atoms with E-state index in [1.165, 1.54) is 7.11 Å². The molecule has 0 spiro atoms. The first-order chi connectivity index (χ1) is 11.2. The largest absolute Gasteiger partial charge is 0.418 e. The zero-order chi connectivity index (χ0) is 18.0. The quantitative estimate of drug-likeness (QED) is 0.630. The van der Waals surface area contributed by atoms with Crippen LogP contribution in [-0.2, 0) is 15.7 Å². The van der Waals surface area contributed by atoms with Gasteiger partial charge in [0.05, 0.1) is 21.1 Å². The van der Waals surface area contributed by atoms with E-state index in [0.717, 1.165) is 6.07 Å². The molecule has 0 bridgehead atoms. The van der Waals surface area contributed by atoms with Crippen molar-refractivity contribution in [3.63, 3.8) is 0 Å². The van der Waals surface area contributed by atoms with E-state index >= 15 is 0 Å². The summed E-state index contributed by atoms with van der Waals surface area (Å²) in [6.07, 6.45) is -3.63. The summed E-state index contributed by atoms with van der Waals surface area (Å²) in [4.78, 5) is 10.2. The van der Waals surface area contributed by atoms with Crippen LogP contribution in [0.3, 0.4) is 0 Å². The molecule has 0 amide bonds. The molecule has 2 rings (SSSR count). The van der Waals surface area contributed by atoms with E-state index in [0.29, 0.717) is 32.1 Å². The van der Waals surface area contributed by atoms with Crippen LogP contribution in [0.1, 0.15) is 18.4 Å². The number of rotatable bonds is 5. The van der Waals surface area contributed by atoms with E-state index in [1.54, 1.807) is 0 Å². The van der Waals surface area contributed by atoms with Gasteiger partial charge in [-0.2, -0.15) is 13.2 Å². The van der Waals surface area contributed by atoms with Crippen molar-refractivity contribution < 1.29 is 27.6 Å². The van der Waals surface area contributed by atoms with Gasteiger partial charge in [-0.1, -0.05) is 11.6 Å². The first kappa shape index (κ1) is 18.8. The highest BCUT2D eigenvalue weighted by atomic mass is 35.5. The molecule has 0 radical (unpaired) electrons. The zero-order valence-corrected chi connectivity index (χ0v) is 13.5. The number of anilines is 1. The van der Waals surface area contributed by atoms with E-state index < -0.39 is 33.0 Å². The van der Waals surface area contributed by atoms with E-state index in [1.807, 2.05) is 0 Å². The fraction of sp³-hybridized carbons (Fsp3) is 0.571. The minimum atomic E-state index is -4.77. The summed E-state index contributed by atoms with van der Waals surface area (Å²) >= 11 is 5.65.